The van der Waals surface area contributed by atoms with Gasteiger partial charge in [0.25, 0.3) is 5.91 Å². The predicted octanol–water partition coefficient (Wildman–Crippen LogP) is 1.99. The third-order valence-electron chi connectivity index (χ3n) is 2.78. The van der Waals surface area contributed by atoms with Crippen LogP contribution in [0.4, 0.5) is 5.69 Å². The van der Waals surface area contributed by atoms with Crippen LogP contribution in [0.1, 0.15) is 35.9 Å². The van der Waals surface area contributed by atoms with Crippen molar-refractivity contribution in [1.29, 1.82) is 0 Å². The van der Waals surface area contributed by atoms with Crippen LogP contribution in [0.3, 0.4) is 0 Å². The fraction of sp³-hybridized carbons (Fsp3) is 0.357. The van der Waals surface area contributed by atoms with Crippen molar-refractivity contribution in [3.63, 3.8) is 0 Å². The van der Waals surface area contributed by atoms with Crippen LogP contribution in [-0.4, -0.2) is 22.4 Å². The van der Waals surface area contributed by atoms with E-state index in [4.69, 9.17) is 4.42 Å². The number of amides is 1. The maximum Gasteiger partial charge on any atom is 0.255 e. The van der Waals surface area contributed by atoms with Gasteiger partial charge in [0.15, 0.2) is 0 Å². The Kier molecular flexibility index (Phi) is 4.70. The zero-order chi connectivity index (χ0) is 14.4. The van der Waals surface area contributed by atoms with Crippen LogP contribution in [0, 0.1) is 0 Å². The van der Waals surface area contributed by atoms with E-state index in [0.29, 0.717) is 11.5 Å². The van der Waals surface area contributed by atoms with Gasteiger partial charge in [-0.25, -0.2) is 4.98 Å². The van der Waals surface area contributed by atoms with Crippen molar-refractivity contribution in [2.24, 2.45) is 0 Å². The summed E-state index contributed by atoms with van der Waals surface area (Å²) < 4.78 is 5.44. The highest BCUT2D eigenvalue weighted by Crippen LogP contribution is 2.13. The number of hydrogen-bond donors (Lipinski definition) is 2. The van der Waals surface area contributed by atoms with E-state index in [1.807, 2.05) is 13.8 Å². The summed E-state index contributed by atoms with van der Waals surface area (Å²) in [6.07, 6.45) is 5.65. The number of carbonyl (C=O) groups excluding carboxylic acids is 1. The molecule has 0 aliphatic carbocycles. The van der Waals surface area contributed by atoms with Gasteiger partial charge in [0.2, 0.25) is 5.89 Å². The molecule has 6 heteroatoms. The Hall–Kier alpha value is -2.37. The lowest BCUT2D eigenvalue weighted by atomic mass is 10.2. The second kappa shape index (κ2) is 6.70. The number of nitrogens with zero attached hydrogens (tertiary/aromatic N) is 2. The van der Waals surface area contributed by atoms with Crippen LogP contribution >= 0.6 is 0 Å². The van der Waals surface area contributed by atoms with Crippen molar-refractivity contribution in [3.05, 3.63) is 41.9 Å². The van der Waals surface area contributed by atoms with Crippen LogP contribution in [0.15, 0.2) is 29.1 Å². The molecule has 1 amide bonds. The maximum atomic E-state index is 12.1. The SMILES string of the molecule is CCNc1ccncc1C(=O)NCc1ncc(CC)o1. The summed E-state index contributed by atoms with van der Waals surface area (Å²) >= 11 is 0. The number of pyridine rings is 1. The zero-order valence-corrected chi connectivity index (χ0v) is 11.6. The lowest BCUT2D eigenvalue weighted by Gasteiger charge is -2.09. The van der Waals surface area contributed by atoms with Gasteiger partial charge in [0, 0.05) is 25.4 Å². The number of hydrogen-bond acceptors (Lipinski definition) is 5. The van der Waals surface area contributed by atoms with Crippen LogP contribution in [0.25, 0.3) is 0 Å². The maximum absolute atomic E-state index is 12.1. The monoisotopic (exact) mass is 274 g/mol. The Morgan fingerprint density at radius 1 is 1.35 bits per heavy atom. The van der Waals surface area contributed by atoms with Gasteiger partial charge in [-0.1, -0.05) is 6.92 Å². The van der Waals surface area contributed by atoms with E-state index < -0.39 is 0 Å². The van der Waals surface area contributed by atoms with Gasteiger partial charge in [0.1, 0.15) is 5.76 Å². The van der Waals surface area contributed by atoms with Crippen molar-refractivity contribution >= 4 is 11.6 Å². The lowest BCUT2D eigenvalue weighted by molar-refractivity contribution is 0.0947. The summed E-state index contributed by atoms with van der Waals surface area (Å²) in [5.41, 5.74) is 1.28. The highest BCUT2D eigenvalue weighted by molar-refractivity contribution is 5.99. The van der Waals surface area contributed by atoms with Crippen LogP contribution < -0.4 is 10.6 Å². The molecule has 0 unspecified atom stereocenters. The Labute approximate surface area is 117 Å². The molecule has 2 rings (SSSR count). The number of rotatable bonds is 6. The van der Waals surface area contributed by atoms with Crippen molar-refractivity contribution in [2.45, 2.75) is 26.8 Å². The number of carbonyl (C=O) groups is 1. The Balaban J connectivity index is 2.01. The van der Waals surface area contributed by atoms with Crippen molar-refractivity contribution in [3.8, 4) is 0 Å². The van der Waals surface area contributed by atoms with Gasteiger partial charge < -0.3 is 15.1 Å². The molecule has 0 aliphatic rings. The Bertz CT molecular complexity index is 580. The largest absolute Gasteiger partial charge is 0.444 e. The molecule has 0 spiro atoms. The molecule has 0 fully saturated rings. The van der Waals surface area contributed by atoms with Gasteiger partial charge in [-0.2, -0.15) is 0 Å². The minimum atomic E-state index is -0.203. The smallest absolute Gasteiger partial charge is 0.255 e. The molecule has 0 bridgehead atoms. The average molecular weight is 274 g/mol. The topological polar surface area (TPSA) is 80.0 Å². The van der Waals surface area contributed by atoms with E-state index in [-0.39, 0.29) is 12.5 Å². The highest BCUT2D eigenvalue weighted by Gasteiger charge is 2.12. The van der Waals surface area contributed by atoms with Crippen LogP contribution in [0.5, 0.6) is 0 Å². The van der Waals surface area contributed by atoms with Crippen molar-refractivity contribution < 1.29 is 9.21 Å². The first-order valence-electron chi connectivity index (χ1n) is 6.64. The minimum absolute atomic E-state index is 0.203. The molecule has 0 saturated heterocycles. The lowest BCUT2D eigenvalue weighted by Crippen LogP contribution is -2.24. The van der Waals surface area contributed by atoms with E-state index in [9.17, 15) is 4.79 Å². The third-order valence-corrected chi connectivity index (χ3v) is 2.78. The summed E-state index contributed by atoms with van der Waals surface area (Å²) in [4.78, 5) is 20.2. The molecular formula is C14H18N4O2. The zero-order valence-electron chi connectivity index (χ0n) is 11.6. The van der Waals surface area contributed by atoms with Gasteiger partial charge in [-0.05, 0) is 13.0 Å². The number of oxazole rings is 1. The van der Waals surface area contributed by atoms with Gasteiger partial charge in [-0.3, -0.25) is 9.78 Å². The molecule has 20 heavy (non-hydrogen) atoms. The van der Waals surface area contributed by atoms with Gasteiger partial charge in [0.05, 0.1) is 24.0 Å². The number of aromatic nitrogens is 2. The minimum Gasteiger partial charge on any atom is -0.444 e. The van der Waals surface area contributed by atoms with E-state index in [2.05, 4.69) is 20.6 Å². The summed E-state index contributed by atoms with van der Waals surface area (Å²) in [5, 5.41) is 5.90. The molecule has 0 saturated carbocycles. The summed E-state index contributed by atoms with van der Waals surface area (Å²) in [5.74, 6) is 1.11. The van der Waals surface area contributed by atoms with Gasteiger partial charge in [-0.15, -0.1) is 0 Å². The first-order chi connectivity index (χ1) is 9.74. The molecule has 106 valence electrons. The average Bonchev–Trinajstić information content (AvgIpc) is 2.94. The summed E-state index contributed by atoms with van der Waals surface area (Å²) in [6, 6.07) is 1.78. The van der Waals surface area contributed by atoms with Crippen molar-refractivity contribution in [1.82, 2.24) is 15.3 Å². The molecule has 6 nitrogen and oxygen atoms in total. The summed E-state index contributed by atoms with van der Waals surface area (Å²) in [6.45, 7) is 4.96. The normalized spacial score (nSPS) is 10.3. The second-order valence-corrected chi connectivity index (χ2v) is 4.21. The molecule has 0 radical (unpaired) electrons. The molecule has 2 aromatic heterocycles. The van der Waals surface area contributed by atoms with Crippen LogP contribution in [-0.2, 0) is 13.0 Å². The third kappa shape index (κ3) is 3.34. The Morgan fingerprint density at radius 2 is 2.20 bits per heavy atom. The number of anilines is 1. The molecular weight excluding hydrogens is 256 g/mol. The fourth-order valence-corrected chi connectivity index (χ4v) is 1.76. The molecule has 2 heterocycles. The number of nitrogens with one attached hydrogen (secondary N) is 2. The standard InChI is InChI=1S/C14H18N4O2/c1-3-10-7-17-13(20-10)9-18-14(19)11-8-15-6-5-12(11)16-4-2/h5-8H,3-4,9H2,1-2H3,(H,15,16)(H,18,19). The highest BCUT2D eigenvalue weighted by atomic mass is 16.4. The first-order valence-corrected chi connectivity index (χ1v) is 6.64. The first kappa shape index (κ1) is 14.0. The van der Waals surface area contributed by atoms with E-state index in [1.165, 1.54) is 0 Å². The molecule has 2 aromatic rings. The molecule has 0 aromatic carbocycles. The predicted molar refractivity (Wildman–Crippen MR) is 75.5 cm³/mol. The van der Waals surface area contributed by atoms with E-state index in [0.717, 1.165) is 24.4 Å². The molecule has 0 aliphatic heterocycles. The second-order valence-electron chi connectivity index (χ2n) is 4.21. The van der Waals surface area contributed by atoms with Gasteiger partial charge >= 0.3 is 0 Å². The number of aryl methyl sites for hydroxylation is 1. The van der Waals surface area contributed by atoms with E-state index in [1.54, 1.807) is 24.7 Å². The molecule has 2 N–H and O–H groups in total. The quantitative estimate of drug-likeness (QED) is 0.842. The fourth-order valence-electron chi connectivity index (χ4n) is 1.76. The van der Waals surface area contributed by atoms with Crippen LogP contribution in [0.2, 0.25) is 0 Å². The summed E-state index contributed by atoms with van der Waals surface area (Å²) in [7, 11) is 0. The molecule has 0 atom stereocenters. The van der Waals surface area contributed by atoms with Crippen molar-refractivity contribution in [2.75, 3.05) is 11.9 Å². The van der Waals surface area contributed by atoms with E-state index >= 15 is 0 Å². The Morgan fingerprint density at radius 3 is 2.90 bits per heavy atom.